The highest BCUT2D eigenvalue weighted by Gasteiger charge is 2.35. The second-order valence-electron chi connectivity index (χ2n) is 4.19. The summed E-state index contributed by atoms with van der Waals surface area (Å²) in [6.07, 6.45) is 1.07. The van der Waals surface area contributed by atoms with Crippen LogP contribution < -0.4 is 5.32 Å². The first kappa shape index (κ1) is 15.3. The lowest BCUT2D eigenvalue weighted by molar-refractivity contribution is -0.123. The van der Waals surface area contributed by atoms with Crippen molar-refractivity contribution in [2.24, 2.45) is 0 Å². The summed E-state index contributed by atoms with van der Waals surface area (Å²) in [4.78, 5) is 12.1. The molecule has 1 N–H and O–H groups in total. The van der Waals surface area contributed by atoms with Gasteiger partial charge in [-0.25, -0.2) is 8.42 Å². The summed E-state index contributed by atoms with van der Waals surface area (Å²) in [5.74, 6) is -0.246. The SMILES string of the molecule is CS(=O)(=O)N1CCOCC1C(=O)Nc1ccc(Br)nn1. The van der Waals surface area contributed by atoms with Gasteiger partial charge in [0.2, 0.25) is 15.9 Å². The van der Waals surface area contributed by atoms with Gasteiger partial charge in [-0.05, 0) is 28.1 Å². The molecule has 2 heterocycles. The molecule has 1 unspecified atom stereocenters. The van der Waals surface area contributed by atoms with E-state index in [9.17, 15) is 13.2 Å². The Kier molecular flexibility index (Phi) is 4.68. The fraction of sp³-hybridized carbons (Fsp3) is 0.500. The highest BCUT2D eigenvalue weighted by Crippen LogP contribution is 2.14. The molecule has 110 valence electrons. The molecule has 1 saturated heterocycles. The number of carbonyl (C=O) groups is 1. The fourth-order valence-corrected chi connectivity index (χ4v) is 3.02. The number of halogens is 1. The number of anilines is 1. The summed E-state index contributed by atoms with van der Waals surface area (Å²) in [6, 6.07) is 2.28. The van der Waals surface area contributed by atoms with Crippen molar-refractivity contribution in [2.75, 3.05) is 31.3 Å². The second kappa shape index (κ2) is 6.12. The number of amides is 1. The maximum Gasteiger partial charge on any atom is 0.246 e. The number of carbonyl (C=O) groups excluding carboxylic acids is 1. The van der Waals surface area contributed by atoms with Crippen LogP contribution in [0.4, 0.5) is 5.82 Å². The van der Waals surface area contributed by atoms with Crippen LogP contribution in [0.3, 0.4) is 0 Å². The van der Waals surface area contributed by atoms with Crippen LogP contribution in [0.25, 0.3) is 0 Å². The molecule has 0 aromatic carbocycles. The summed E-state index contributed by atoms with van der Waals surface area (Å²) in [6.45, 7) is 0.445. The molecule has 1 aromatic rings. The first-order valence-corrected chi connectivity index (χ1v) is 8.37. The van der Waals surface area contributed by atoms with Crippen LogP contribution in [-0.2, 0) is 19.6 Å². The predicted octanol–water partition coefficient (Wildman–Crippen LogP) is -0.162. The lowest BCUT2D eigenvalue weighted by Crippen LogP contribution is -2.53. The van der Waals surface area contributed by atoms with Crippen molar-refractivity contribution in [3.63, 3.8) is 0 Å². The molecule has 0 saturated carbocycles. The third kappa shape index (κ3) is 3.72. The lowest BCUT2D eigenvalue weighted by Gasteiger charge is -2.32. The molecule has 0 bridgehead atoms. The number of sulfonamides is 1. The average molecular weight is 365 g/mol. The van der Waals surface area contributed by atoms with Gasteiger partial charge in [0, 0.05) is 6.54 Å². The molecule has 1 amide bonds. The normalized spacial score (nSPS) is 20.6. The van der Waals surface area contributed by atoms with Crippen molar-refractivity contribution >= 4 is 37.7 Å². The topological polar surface area (TPSA) is 101 Å². The summed E-state index contributed by atoms with van der Waals surface area (Å²) in [5.41, 5.74) is 0. The van der Waals surface area contributed by atoms with Crippen molar-refractivity contribution < 1.29 is 17.9 Å². The van der Waals surface area contributed by atoms with E-state index in [0.717, 1.165) is 10.6 Å². The standard InChI is InChI=1S/C10H13BrN4O4S/c1-20(17,18)15-4-5-19-6-7(15)10(16)12-9-3-2-8(11)13-14-9/h2-3,7H,4-6H2,1H3,(H,12,14,16). The molecule has 0 spiro atoms. The number of aromatic nitrogens is 2. The Morgan fingerprint density at radius 1 is 1.50 bits per heavy atom. The van der Waals surface area contributed by atoms with Crippen molar-refractivity contribution in [1.82, 2.24) is 14.5 Å². The van der Waals surface area contributed by atoms with E-state index in [4.69, 9.17) is 4.74 Å². The van der Waals surface area contributed by atoms with Gasteiger partial charge in [-0.2, -0.15) is 4.31 Å². The summed E-state index contributed by atoms with van der Waals surface area (Å²) < 4.78 is 30.1. The molecule has 1 aliphatic heterocycles. The molecule has 2 rings (SSSR count). The van der Waals surface area contributed by atoms with Gasteiger partial charge in [-0.3, -0.25) is 4.79 Å². The Balaban J connectivity index is 2.12. The Hall–Kier alpha value is -1.10. The Labute approximate surface area is 124 Å². The zero-order valence-electron chi connectivity index (χ0n) is 10.6. The summed E-state index contributed by atoms with van der Waals surface area (Å²) >= 11 is 3.13. The van der Waals surface area contributed by atoms with Gasteiger partial charge in [0.05, 0.1) is 19.5 Å². The summed E-state index contributed by atoms with van der Waals surface area (Å²) in [7, 11) is -3.47. The van der Waals surface area contributed by atoms with E-state index in [1.165, 1.54) is 0 Å². The summed E-state index contributed by atoms with van der Waals surface area (Å²) in [5, 5.41) is 10.0. The van der Waals surface area contributed by atoms with Crippen LogP contribution in [0.2, 0.25) is 0 Å². The van der Waals surface area contributed by atoms with Crippen LogP contribution in [0.1, 0.15) is 0 Å². The third-order valence-corrected chi connectivity index (χ3v) is 4.40. The van der Waals surface area contributed by atoms with Crippen molar-refractivity contribution in [2.45, 2.75) is 6.04 Å². The van der Waals surface area contributed by atoms with Crippen LogP contribution in [0.15, 0.2) is 16.7 Å². The van der Waals surface area contributed by atoms with E-state index < -0.39 is 22.0 Å². The minimum absolute atomic E-state index is 0.0167. The van der Waals surface area contributed by atoms with Crippen molar-refractivity contribution in [3.8, 4) is 0 Å². The quantitative estimate of drug-likeness (QED) is 0.799. The predicted molar refractivity (Wildman–Crippen MR) is 74.5 cm³/mol. The minimum Gasteiger partial charge on any atom is -0.378 e. The Bertz CT molecular complexity index is 592. The van der Waals surface area contributed by atoms with Gasteiger partial charge in [0.1, 0.15) is 10.6 Å². The molecule has 8 nitrogen and oxygen atoms in total. The smallest absolute Gasteiger partial charge is 0.246 e. The molecular weight excluding hydrogens is 352 g/mol. The van der Waals surface area contributed by atoms with E-state index in [2.05, 4.69) is 31.4 Å². The fourth-order valence-electron chi connectivity index (χ4n) is 1.78. The van der Waals surface area contributed by atoms with Gasteiger partial charge < -0.3 is 10.1 Å². The average Bonchev–Trinajstić information content (AvgIpc) is 2.40. The maximum absolute atomic E-state index is 12.1. The molecule has 1 fully saturated rings. The monoisotopic (exact) mass is 364 g/mol. The minimum atomic E-state index is -3.47. The highest BCUT2D eigenvalue weighted by atomic mass is 79.9. The van der Waals surface area contributed by atoms with E-state index in [1.807, 2.05) is 0 Å². The van der Waals surface area contributed by atoms with Gasteiger partial charge >= 0.3 is 0 Å². The number of hydrogen-bond donors (Lipinski definition) is 1. The van der Waals surface area contributed by atoms with E-state index in [-0.39, 0.29) is 25.6 Å². The van der Waals surface area contributed by atoms with Gasteiger partial charge in [-0.15, -0.1) is 10.2 Å². The molecule has 0 radical (unpaired) electrons. The number of nitrogens with one attached hydrogen (secondary N) is 1. The van der Waals surface area contributed by atoms with Crippen LogP contribution in [0, 0.1) is 0 Å². The van der Waals surface area contributed by atoms with Crippen molar-refractivity contribution in [1.29, 1.82) is 0 Å². The number of hydrogen-bond acceptors (Lipinski definition) is 6. The van der Waals surface area contributed by atoms with Gasteiger partial charge in [0.15, 0.2) is 5.82 Å². The first-order valence-electron chi connectivity index (χ1n) is 5.72. The Morgan fingerprint density at radius 2 is 2.25 bits per heavy atom. The first-order chi connectivity index (χ1) is 9.38. The largest absolute Gasteiger partial charge is 0.378 e. The molecule has 20 heavy (non-hydrogen) atoms. The van der Waals surface area contributed by atoms with Gasteiger partial charge in [-0.1, -0.05) is 0 Å². The third-order valence-electron chi connectivity index (χ3n) is 2.69. The van der Waals surface area contributed by atoms with E-state index in [0.29, 0.717) is 4.60 Å². The van der Waals surface area contributed by atoms with Gasteiger partial charge in [0.25, 0.3) is 0 Å². The molecule has 1 aromatic heterocycles. The highest BCUT2D eigenvalue weighted by molar-refractivity contribution is 9.10. The molecular formula is C10H13BrN4O4S. The van der Waals surface area contributed by atoms with E-state index >= 15 is 0 Å². The van der Waals surface area contributed by atoms with Crippen molar-refractivity contribution in [3.05, 3.63) is 16.7 Å². The molecule has 1 aliphatic rings. The molecule has 1 atom stereocenters. The number of nitrogens with zero attached hydrogens (tertiary/aromatic N) is 3. The Morgan fingerprint density at radius 3 is 2.85 bits per heavy atom. The van der Waals surface area contributed by atoms with Crippen LogP contribution in [-0.4, -0.2) is 60.9 Å². The van der Waals surface area contributed by atoms with Crippen LogP contribution in [0.5, 0.6) is 0 Å². The van der Waals surface area contributed by atoms with E-state index in [1.54, 1.807) is 12.1 Å². The number of ether oxygens (including phenoxy) is 1. The zero-order valence-corrected chi connectivity index (χ0v) is 13.0. The molecule has 10 heteroatoms. The lowest BCUT2D eigenvalue weighted by atomic mass is 10.2. The maximum atomic E-state index is 12.1. The molecule has 0 aliphatic carbocycles. The second-order valence-corrected chi connectivity index (χ2v) is 6.94. The number of rotatable bonds is 3. The zero-order chi connectivity index (χ0) is 14.8. The van der Waals surface area contributed by atoms with Crippen LogP contribution >= 0.6 is 15.9 Å². The number of morpholine rings is 1.